The van der Waals surface area contributed by atoms with E-state index in [0.717, 1.165) is 16.4 Å². The number of amides is 2. The second kappa shape index (κ2) is 6.34. The minimum atomic E-state index is -0.585. The standard InChI is InChI=1S/C18H24IN3O3/c1-17(2,3)25-16(24)22-10-18(6-7-18)9-14(22)15(23)21-13-5-4-11(19)8-12(13)20/h4-5,8,14H,6-7,9-10,20H2,1-3H3,(H,21,23)/t14-/m0/s1. The summed E-state index contributed by atoms with van der Waals surface area (Å²) in [6, 6.07) is 4.96. The summed E-state index contributed by atoms with van der Waals surface area (Å²) in [4.78, 5) is 27.0. The lowest BCUT2D eigenvalue weighted by Crippen LogP contribution is -2.45. The summed E-state index contributed by atoms with van der Waals surface area (Å²) in [5, 5.41) is 2.88. The molecule has 1 spiro atoms. The molecule has 1 aromatic carbocycles. The Bertz CT molecular complexity index is 710. The fourth-order valence-electron chi connectivity index (χ4n) is 3.21. The SMILES string of the molecule is CC(C)(C)OC(=O)N1CC2(CC2)C[C@H]1C(=O)Nc1ccc(I)cc1N. The van der Waals surface area contributed by atoms with Gasteiger partial charge in [0.15, 0.2) is 0 Å². The van der Waals surface area contributed by atoms with Gasteiger partial charge in [0.1, 0.15) is 11.6 Å². The summed E-state index contributed by atoms with van der Waals surface area (Å²) in [7, 11) is 0. The zero-order chi connectivity index (χ0) is 18.4. The monoisotopic (exact) mass is 457 g/mol. The zero-order valence-electron chi connectivity index (χ0n) is 14.8. The van der Waals surface area contributed by atoms with Crippen molar-refractivity contribution in [2.75, 3.05) is 17.6 Å². The molecule has 1 saturated heterocycles. The maximum Gasteiger partial charge on any atom is 0.410 e. The van der Waals surface area contributed by atoms with Crippen molar-refractivity contribution in [3.8, 4) is 0 Å². The van der Waals surface area contributed by atoms with Crippen molar-refractivity contribution in [1.82, 2.24) is 4.90 Å². The predicted octanol–water partition coefficient (Wildman–Crippen LogP) is 3.60. The summed E-state index contributed by atoms with van der Waals surface area (Å²) in [5.41, 5.74) is 6.59. The highest BCUT2D eigenvalue weighted by Crippen LogP contribution is 2.55. The first-order valence-corrected chi connectivity index (χ1v) is 9.52. The van der Waals surface area contributed by atoms with Crippen molar-refractivity contribution in [3.05, 3.63) is 21.8 Å². The van der Waals surface area contributed by atoms with E-state index in [4.69, 9.17) is 10.5 Å². The number of nitrogens with two attached hydrogens (primary N) is 1. The molecule has 136 valence electrons. The van der Waals surface area contributed by atoms with E-state index in [1.165, 1.54) is 0 Å². The molecular formula is C18H24IN3O3. The Morgan fingerprint density at radius 3 is 2.60 bits per heavy atom. The molecule has 1 aliphatic carbocycles. The van der Waals surface area contributed by atoms with Crippen LogP contribution in [0.25, 0.3) is 0 Å². The van der Waals surface area contributed by atoms with Gasteiger partial charge in [0.25, 0.3) is 0 Å². The fourth-order valence-corrected chi connectivity index (χ4v) is 3.72. The van der Waals surface area contributed by atoms with E-state index in [2.05, 4.69) is 27.9 Å². The molecule has 25 heavy (non-hydrogen) atoms. The quantitative estimate of drug-likeness (QED) is 0.525. The Morgan fingerprint density at radius 1 is 1.36 bits per heavy atom. The highest BCUT2D eigenvalue weighted by Gasteiger charge is 2.56. The van der Waals surface area contributed by atoms with E-state index in [1.54, 1.807) is 17.0 Å². The predicted molar refractivity (Wildman–Crippen MR) is 105 cm³/mol. The minimum Gasteiger partial charge on any atom is -0.444 e. The second-order valence-corrected chi connectivity index (χ2v) is 9.29. The Balaban J connectivity index is 1.75. The highest BCUT2D eigenvalue weighted by molar-refractivity contribution is 14.1. The molecule has 7 heteroatoms. The van der Waals surface area contributed by atoms with Crippen LogP contribution in [0.5, 0.6) is 0 Å². The first kappa shape index (κ1) is 18.3. The molecule has 0 aromatic heterocycles. The number of rotatable bonds is 2. The molecule has 0 bridgehead atoms. The van der Waals surface area contributed by atoms with Crippen molar-refractivity contribution in [1.29, 1.82) is 0 Å². The number of anilines is 2. The molecule has 3 N–H and O–H groups in total. The number of benzene rings is 1. The number of nitrogens with zero attached hydrogens (tertiary/aromatic N) is 1. The number of carbonyl (C=O) groups excluding carboxylic acids is 2. The molecule has 1 atom stereocenters. The summed E-state index contributed by atoms with van der Waals surface area (Å²) in [6.45, 7) is 6.07. The largest absolute Gasteiger partial charge is 0.444 e. The molecule has 1 aliphatic heterocycles. The van der Waals surface area contributed by atoms with Gasteiger partial charge in [-0.15, -0.1) is 0 Å². The third kappa shape index (κ3) is 4.19. The average Bonchev–Trinajstić information content (AvgIpc) is 3.10. The maximum atomic E-state index is 12.8. The molecule has 1 aromatic rings. The number of nitrogen functional groups attached to an aromatic ring is 1. The van der Waals surface area contributed by atoms with Gasteiger partial charge in [0, 0.05) is 10.1 Å². The van der Waals surface area contributed by atoms with Crippen molar-refractivity contribution >= 4 is 46.0 Å². The van der Waals surface area contributed by atoms with Gasteiger partial charge < -0.3 is 15.8 Å². The maximum absolute atomic E-state index is 12.8. The molecule has 3 rings (SSSR count). The molecule has 2 fully saturated rings. The third-order valence-corrected chi connectivity index (χ3v) is 5.34. The first-order valence-electron chi connectivity index (χ1n) is 8.44. The second-order valence-electron chi connectivity index (χ2n) is 8.05. The van der Waals surface area contributed by atoms with Crippen LogP contribution in [0.2, 0.25) is 0 Å². The van der Waals surface area contributed by atoms with E-state index in [1.807, 2.05) is 26.8 Å². The van der Waals surface area contributed by atoms with Gasteiger partial charge in [-0.1, -0.05) is 0 Å². The zero-order valence-corrected chi connectivity index (χ0v) is 16.9. The van der Waals surface area contributed by atoms with E-state index in [9.17, 15) is 9.59 Å². The molecule has 6 nitrogen and oxygen atoms in total. The Kier molecular flexibility index (Phi) is 4.63. The van der Waals surface area contributed by atoms with Crippen molar-refractivity contribution in [2.24, 2.45) is 5.41 Å². The number of nitrogens with one attached hydrogen (secondary N) is 1. The van der Waals surface area contributed by atoms with Gasteiger partial charge >= 0.3 is 6.09 Å². The normalized spacial score (nSPS) is 21.3. The third-order valence-electron chi connectivity index (χ3n) is 4.67. The van der Waals surface area contributed by atoms with Gasteiger partial charge in [-0.2, -0.15) is 0 Å². The molecule has 0 unspecified atom stereocenters. The van der Waals surface area contributed by atoms with Crippen LogP contribution in [-0.4, -0.2) is 35.1 Å². The molecule has 0 radical (unpaired) electrons. The molecule has 2 amide bonds. The fraction of sp³-hybridized carbons (Fsp3) is 0.556. The van der Waals surface area contributed by atoms with Gasteiger partial charge in [-0.05, 0) is 86.2 Å². The number of likely N-dealkylation sites (tertiary alicyclic amines) is 1. The first-order chi connectivity index (χ1) is 11.6. The number of carbonyl (C=O) groups is 2. The lowest BCUT2D eigenvalue weighted by Gasteiger charge is -2.28. The van der Waals surface area contributed by atoms with Gasteiger partial charge in [0.05, 0.1) is 11.4 Å². The number of halogens is 1. The van der Waals surface area contributed by atoms with Gasteiger partial charge in [-0.25, -0.2) is 4.79 Å². The lowest BCUT2D eigenvalue weighted by molar-refractivity contribution is -0.120. The highest BCUT2D eigenvalue weighted by atomic mass is 127. The Morgan fingerprint density at radius 2 is 2.04 bits per heavy atom. The lowest BCUT2D eigenvalue weighted by atomic mass is 10.0. The summed E-state index contributed by atoms with van der Waals surface area (Å²) >= 11 is 2.17. The summed E-state index contributed by atoms with van der Waals surface area (Å²) in [5.74, 6) is -0.206. The Hall–Kier alpha value is -1.51. The van der Waals surface area contributed by atoms with Crippen LogP contribution in [0.1, 0.15) is 40.0 Å². The van der Waals surface area contributed by atoms with Crippen molar-refractivity contribution in [3.63, 3.8) is 0 Å². The molecular weight excluding hydrogens is 433 g/mol. The van der Waals surface area contributed by atoms with Crippen molar-refractivity contribution < 1.29 is 14.3 Å². The summed E-state index contributed by atoms with van der Waals surface area (Å²) in [6.07, 6.45) is 2.37. The minimum absolute atomic E-state index is 0.0938. The topological polar surface area (TPSA) is 84.7 Å². The van der Waals surface area contributed by atoms with Crippen LogP contribution in [0.15, 0.2) is 18.2 Å². The average molecular weight is 457 g/mol. The van der Waals surface area contributed by atoms with Crippen LogP contribution >= 0.6 is 22.6 Å². The van der Waals surface area contributed by atoms with Crippen LogP contribution in [0.3, 0.4) is 0 Å². The van der Waals surface area contributed by atoms with E-state index < -0.39 is 17.7 Å². The number of hydrogen-bond donors (Lipinski definition) is 2. The van der Waals surface area contributed by atoms with Gasteiger partial charge in [-0.3, -0.25) is 9.69 Å². The number of hydrogen-bond acceptors (Lipinski definition) is 4. The molecule has 2 aliphatic rings. The van der Waals surface area contributed by atoms with Crippen LogP contribution in [-0.2, 0) is 9.53 Å². The smallest absolute Gasteiger partial charge is 0.410 e. The van der Waals surface area contributed by atoms with Crippen molar-refractivity contribution in [2.45, 2.75) is 51.7 Å². The van der Waals surface area contributed by atoms with Crippen LogP contribution < -0.4 is 11.1 Å². The van der Waals surface area contributed by atoms with E-state index >= 15 is 0 Å². The Labute approximate surface area is 161 Å². The number of ether oxygens (including phenoxy) is 1. The van der Waals surface area contributed by atoms with Gasteiger partial charge in [0.2, 0.25) is 5.91 Å². The van der Waals surface area contributed by atoms with Crippen LogP contribution in [0.4, 0.5) is 16.2 Å². The van der Waals surface area contributed by atoms with E-state index in [0.29, 0.717) is 24.3 Å². The van der Waals surface area contributed by atoms with E-state index in [-0.39, 0.29) is 11.3 Å². The summed E-state index contributed by atoms with van der Waals surface area (Å²) < 4.78 is 6.50. The van der Waals surface area contributed by atoms with Crippen LogP contribution in [0, 0.1) is 8.99 Å². The molecule has 1 heterocycles. The molecule has 1 saturated carbocycles.